The van der Waals surface area contributed by atoms with Gasteiger partial charge in [-0.1, -0.05) is 0 Å². The van der Waals surface area contributed by atoms with Crippen LogP contribution in [0.25, 0.3) is 0 Å². The van der Waals surface area contributed by atoms with Crippen molar-refractivity contribution in [3.63, 3.8) is 0 Å². The van der Waals surface area contributed by atoms with Gasteiger partial charge in [-0.3, -0.25) is 4.79 Å². The molecule has 1 aliphatic carbocycles. The maximum atomic E-state index is 11.9. The molecule has 0 aromatic carbocycles. The average Bonchev–Trinajstić information content (AvgIpc) is 2.74. The van der Waals surface area contributed by atoms with Crippen molar-refractivity contribution < 1.29 is 14.3 Å². The van der Waals surface area contributed by atoms with E-state index in [0.29, 0.717) is 32.5 Å². The zero-order valence-corrected chi connectivity index (χ0v) is 11.2. The largest absolute Gasteiger partial charge is 0.347 e. The lowest BCUT2D eigenvalue weighted by atomic mass is 9.89. The minimum Gasteiger partial charge on any atom is -0.347 e. The number of carbonyl (C=O) groups is 1. The Kier molecular flexibility index (Phi) is 4.00. The van der Waals surface area contributed by atoms with Crippen molar-refractivity contribution in [1.82, 2.24) is 0 Å². The fourth-order valence-electron chi connectivity index (χ4n) is 2.17. The second-order valence-corrected chi connectivity index (χ2v) is 5.77. The Labute approximate surface area is 104 Å². The van der Waals surface area contributed by atoms with E-state index in [1.54, 1.807) is 23.5 Å². The summed E-state index contributed by atoms with van der Waals surface area (Å²) in [7, 11) is 0. The Bertz CT molecular complexity index is 313. The SMILES string of the molecule is CSC(SC)=C1CC2(CCC1=O)OCCO2. The van der Waals surface area contributed by atoms with E-state index in [9.17, 15) is 4.79 Å². The van der Waals surface area contributed by atoms with Gasteiger partial charge in [-0.25, -0.2) is 0 Å². The molecule has 0 bridgehead atoms. The highest BCUT2D eigenvalue weighted by atomic mass is 32.2. The van der Waals surface area contributed by atoms with Crippen LogP contribution in [0.4, 0.5) is 0 Å². The molecule has 1 saturated carbocycles. The number of hydrogen-bond donors (Lipinski definition) is 0. The van der Waals surface area contributed by atoms with Crippen LogP contribution in [0, 0.1) is 0 Å². The lowest BCUT2D eigenvalue weighted by Crippen LogP contribution is -2.37. The maximum absolute atomic E-state index is 11.9. The molecule has 0 N–H and O–H groups in total. The average molecular weight is 260 g/mol. The van der Waals surface area contributed by atoms with Crippen LogP contribution >= 0.6 is 23.5 Å². The van der Waals surface area contributed by atoms with Crippen molar-refractivity contribution in [2.75, 3.05) is 25.7 Å². The van der Waals surface area contributed by atoms with Gasteiger partial charge in [0.1, 0.15) is 0 Å². The molecule has 16 heavy (non-hydrogen) atoms. The minimum absolute atomic E-state index is 0.253. The van der Waals surface area contributed by atoms with Crippen molar-refractivity contribution in [1.29, 1.82) is 0 Å². The zero-order chi connectivity index (χ0) is 11.6. The monoisotopic (exact) mass is 260 g/mol. The highest BCUT2D eigenvalue weighted by Crippen LogP contribution is 2.41. The molecule has 0 atom stereocenters. The number of thioether (sulfide) groups is 2. The zero-order valence-electron chi connectivity index (χ0n) is 9.58. The molecule has 1 heterocycles. The van der Waals surface area contributed by atoms with Crippen LogP contribution in [0.3, 0.4) is 0 Å². The van der Waals surface area contributed by atoms with E-state index < -0.39 is 5.79 Å². The van der Waals surface area contributed by atoms with Crippen molar-refractivity contribution in [3.05, 3.63) is 9.81 Å². The highest BCUT2D eigenvalue weighted by molar-refractivity contribution is 8.21. The number of carbonyl (C=O) groups excluding carboxylic acids is 1. The first-order valence-electron chi connectivity index (χ1n) is 5.33. The first kappa shape index (κ1) is 12.5. The van der Waals surface area contributed by atoms with Crippen LogP contribution in [0.2, 0.25) is 0 Å². The predicted molar refractivity (Wildman–Crippen MR) is 67.5 cm³/mol. The normalized spacial score (nSPS) is 24.1. The van der Waals surface area contributed by atoms with E-state index in [1.807, 2.05) is 12.5 Å². The molecule has 3 nitrogen and oxygen atoms in total. The van der Waals surface area contributed by atoms with Crippen LogP contribution in [-0.2, 0) is 14.3 Å². The van der Waals surface area contributed by atoms with Gasteiger partial charge in [0.25, 0.3) is 0 Å². The van der Waals surface area contributed by atoms with Gasteiger partial charge in [-0.05, 0) is 12.5 Å². The Morgan fingerprint density at radius 3 is 2.44 bits per heavy atom. The van der Waals surface area contributed by atoms with Crippen molar-refractivity contribution in [2.45, 2.75) is 25.0 Å². The number of rotatable bonds is 2. The third kappa shape index (κ3) is 2.32. The van der Waals surface area contributed by atoms with Crippen LogP contribution < -0.4 is 0 Å². The molecule has 0 amide bonds. The third-order valence-corrected chi connectivity index (χ3v) is 5.18. The van der Waals surface area contributed by atoms with Gasteiger partial charge in [-0.15, -0.1) is 23.5 Å². The lowest BCUT2D eigenvalue weighted by Gasteiger charge is -2.32. The van der Waals surface area contributed by atoms with Crippen LogP contribution in [0.1, 0.15) is 19.3 Å². The predicted octanol–water partition coefficient (Wildman–Crippen LogP) is 2.42. The van der Waals surface area contributed by atoms with Gasteiger partial charge in [0.2, 0.25) is 0 Å². The first-order chi connectivity index (χ1) is 7.71. The molecule has 2 rings (SSSR count). The molecule has 2 aliphatic rings. The number of ether oxygens (including phenoxy) is 2. The van der Waals surface area contributed by atoms with E-state index in [1.165, 1.54) is 0 Å². The summed E-state index contributed by atoms with van der Waals surface area (Å²) >= 11 is 3.27. The molecule has 1 saturated heterocycles. The molecule has 0 unspecified atom stereocenters. The van der Waals surface area contributed by atoms with E-state index in [4.69, 9.17) is 9.47 Å². The fourth-order valence-corrected chi connectivity index (χ4v) is 3.70. The van der Waals surface area contributed by atoms with Crippen LogP contribution in [0.5, 0.6) is 0 Å². The van der Waals surface area contributed by atoms with Gasteiger partial charge < -0.3 is 9.47 Å². The van der Waals surface area contributed by atoms with Gasteiger partial charge in [-0.2, -0.15) is 0 Å². The lowest BCUT2D eigenvalue weighted by molar-refractivity contribution is -0.170. The molecule has 1 aliphatic heterocycles. The van der Waals surface area contributed by atoms with E-state index in [0.717, 1.165) is 9.81 Å². The molecule has 5 heteroatoms. The molecule has 2 fully saturated rings. The van der Waals surface area contributed by atoms with Crippen LogP contribution in [-0.4, -0.2) is 37.3 Å². The Balaban J connectivity index is 2.23. The summed E-state index contributed by atoms with van der Waals surface area (Å²) < 4.78 is 12.4. The van der Waals surface area contributed by atoms with Gasteiger partial charge >= 0.3 is 0 Å². The topological polar surface area (TPSA) is 35.5 Å². The smallest absolute Gasteiger partial charge is 0.173 e. The third-order valence-electron chi connectivity index (χ3n) is 2.95. The maximum Gasteiger partial charge on any atom is 0.173 e. The second-order valence-electron chi connectivity index (χ2n) is 3.88. The number of hydrogen-bond acceptors (Lipinski definition) is 5. The summed E-state index contributed by atoms with van der Waals surface area (Å²) in [6.07, 6.45) is 5.86. The molecular formula is C11H16O3S2. The number of ketones is 1. The molecule has 1 spiro atoms. The summed E-state index contributed by atoms with van der Waals surface area (Å²) in [6, 6.07) is 0. The highest BCUT2D eigenvalue weighted by Gasteiger charge is 2.43. The van der Waals surface area contributed by atoms with Crippen LogP contribution in [0.15, 0.2) is 9.81 Å². The number of Topliss-reactive ketones (excluding diaryl/α,β-unsaturated/α-hetero) is 1. The summed E-state index contributed by atoms with van der Waals surface area (Å²) in [5.74, 6) is -0.247. The Hall–Kier alpha value is 0.0300. The molecule has 0 aromatic rings. The second kappa shape index (κ2) is 5.12. The van der Waals surface area contributed by atoms with Gasteiger partial charge in [0, 0.05) is 29.1 Å². The van der Waals surface area contributed by atoms with E-state index in [-0.39, 0.29) is 5.78 Å². The van der Waals surface area contributed by atoms with E-state index >= 15 is 0 Å². The van der Waals surface area contributed by atoms with Gasteiger partial charge in [0.15, 0.2) is 11.6 Å². The first-order valence-corrected chi connectivity index (χ1v) is 7.78. The minimum atomic E-state index is -0.500. The molecule has 0 radical (unpaired) electrons. The van der Waals surface area contributed by atoms with Crippen molar-refractivity contribution >= 4 is 29.3 Å². The molecule has 0 aromatic heterocycles. The molecular weight excluding hydrogens is 244 g/mol. The molecule has 90 valence electrons. The summed E-state index contributed by atoms with van der Waals surface area (Å²) in [5.41, 5.74) is 0.896. The standard InChI is InChI=1S/C11H16O3S2/c1-15-10(16-2)8-7-11(4-3-9(8)12)13-5-6-14-11/h3-7H2,1-2H3. The van der Waals surface area contributed by atoms with Crippen molar-refractivity contribution in [2.24, 2.45) is 0 Å². The van der Waals surface area contributed by atoms with Gasteiger partial charge in [0.05, 0.1) is 13.2 Å². The summed E-state index contributed by atoms with van der Waals surface area (Å²) in [4.78, 5) is 11.9. The summed E-state index contributed by atoms with van der Waals surface area (Å²) in [5, 5.41) is 0. The van der Waals surface area contributed by atoms with Crippen molar-refractivity contribution in [3.8, 4) is 0 Å². The quantitative estimate of drug-likeness (QED) is 0.713. The van der Waals surface area contributed by atoms with E-state index in [2.05, 4.69) is 0 Å². The summed E-state index contributed by atoms with van der Waals surface area (Å²) in [6.45, 7) is 1.30. The fraction of sp³-hybridized carbons (Fsp3) is 0.727. The Morgan fingerprint density at radius 2 is 1.88 bits per heavy atom. The Morgan fingerprint density at radius 1 is 1.25 bits per heavy atom.